The molecule has 0 saturated carbocycles. The maximum absolute atomic E-state index is 4.52. The summed E-state index contributed by atoms with van der Waals surface area (Å²) in [5.74, 6) is 2.60. The molecule has 1 atom stereocenters. The van der Waals surface area contributed by atoms with Crippen molar-refractivity contribution < 1.29 is 0 Å². The standard InChI is InChI=1S/C14H24N4/c1-4-13-10(2)14(18-11(3)17-13)16-9-12-6-5-7-15-8-12/h12,15H,4-9H2,1-3H3,(H,16,17,18). The molecule has 0 bridgehead atoms. The van der Waals surface area contributed by atoms with E-state index in [2.05, 4.69) is 34.4 Å². The van der Waals surface area contributed by atoms with E-state index >= 15 is 0 Å². The van der Waals surface area contributed by atoms with Gasteiger partial charge >= 0.3 is 0 Å². The van der Waals surface area contributed by atoms with Gasteiger partial charge < -0.3 is 10.6 Å². The molecule has 1 aromatic rings. The third-order valence-electron chi connectivity index (χ3n) is 3.65. The van der Waals surface area contributed by atoms with Crippen LogP contribution in [0.3, 0.4) is 0 Å². The maximum atomic E-state index is 4.52. The molecule has 1 saturated heterocycles. The van der Waals surface area contributed by atoms with Crippen LogP contribution in [0, 0.1) is 19.8 Å². The van der Waals surface area contributed by atoms with Crippen LogP contribution in [-0.4, -0.2) is 29.6 Å². The molecule has 2 heterocycles. The van der Waals surface area contributed by atoms with Crippen LogP contribution in [0.15, 0.2) is 0 Å². The molecular formula is C14H24N4. The molecule has 0 aromatic carbocycles. The van der Waals surface area contributed by atoms with Crippen molar-refractivity contribution in [3.63, 3.8) is 0 Å². The summed E-state index contributed by atoms with van der Waals surface area (Å²) < 4.78 is 0. The van der Waals surface area contributed by atoms with E-state index in [4.69, 9.17) is 0 Å². The lowest BCUT2D eigenvalue weighted by atomic mass is 10.00. The smallest absolute Gasteiger partial charge is 0.132 e. The SMILES string of the molecule is CCc1nc(C)nc(NCC2CCCNC2)c1C. The van der Waals surface area contributed by atoms with Crippen molar-refractivity contribution in [3.8, 4) is 0 Å². The molecule has 1 fully saturated rings. The number of nitrogens with zero attached hydrogens (tertiary/aromatic N) is 2. The molecule has 2 N–H and O–H groups in total. The second-order valence-corrected chi connectivity index (χ2v) is 5.14. The van der Waals surface area contributed by atoms with Crippen LogP contribution in [0.5, 0.6) is 0 Å². The van der Waals surface area contributed by atoms with E-state index in [0.29, 0.717) is 0 Å². The first-order valence-corrected chi connectivity index (χ1v) is 6.99. The number of hydrogen-bond donors (Lipinski definition) is 2. The van der Waals surface area contributed by atoms with Gasteiger partial charge in [0.2, 0.25) is 0 Å². The van der Waals surface area contributed by atoms with Crippen molar-refractivity contribution in [1.29, 1.82) is 0 Å². The number of anilines is 1. The first kappa shape index (κ1) is 13.3. The van der Waals surface area contributed by atoms with Gasteiger partial charge in [0, 0.05) is 17.8 Å². The summed E-state index contributed by atoms with van der Waals surface area (Å²) in [5, 5.41) is 6.95. The second kappa shape index (κ2) is 6.14. The fraction of sp³-hybridized carbons (Fsp3) is 0.714. The molecule has 1 aromatic heterocycles. The van der Waals surface area contributed by atoms with Crippen molar-refractivity contribution in [2.45, 2.75) is 40.0 Å². The number of aryl methyl sites for hydroxylation is 2. The van der Waals surface area contributed by atoms with Gasteiger partial charge in [0.25, 0.3) is 0 Å². The Morgan fingerprint density at radius 2 is 2.17 bits per heavy atom. The van der Waals surface area contributed by atoms with Crippen LogP contribution >= 0.6 is 0 Å². The molecule has 0 radical (unpaired) electrons. The lowest BCUT2D eigenvalue weighted by Gasteiger charge is -2.23. The van der Waals surface area contributed by atoms with Crippen LogP contribution in [0.2, 0.25) is 0 Å². The van der Waals surface area contributed by atoms with Crippen LogP contribution in [0.1, 0.15) is 36.8 Å². The number of aromatic nitrogens is 2. The number of piperidine rings is 1. The second-order valence-electron chi connectivity index (χ2n) is 5.14. The highest BCUT2D eigenvalue weighted by atomic mass is 15.0. The minimum absolute atomic E-state index is 0.721. The Morgan fingerprint density at radius 1 is 1.33 bits per heavy atom. The zero-order valence-corrected chi connectivity index (χ0v) is 11.7. The zero-order valence-electron chi connectivity index (χ0n) is 11.7. The van der Waals surface area contributed by atoms with Crippen molar-refractivity contribution in [1.82, 2.24) is 15.3 Å². The van der Waals surface area contributed by atoms with E-state index < -0.39 is 0 Å². The third-order valence-corrected chi connectivity index (χ3v) is 3.65. The van der Waals surface area contributed by atoms with Crippen molar-refractivity contribution in [2.75, 3.05) is 25.0 Å². The molecule has 18 heavy (non-hydrogen) atoms. The minimum Gasteiger partial charge on any atom is -0.369 e. The van der Waals surface area contributed by atoms with Gasteiger partial charge in [-0.05, 0) is 52.1 Å². The highest BCUT2D eigenvalue weighted by Gasteiger charge is 2.14. The lowest BCUT2D eigenvalue weighted by Crippen LogP contribution is -2.33. The van der Waals surface area contributed by atoms with Crippen molar-refractivity contribution in [2.24, 2.45) is 5.92 Å². The molecule has 1 aliphatic rings. The Morgan fingerprint density at radius 3 is 2.83 bits per heavy atom. The molecular weight excluding hydrogens is 224 g/mol. The van der Waals surface area contributed by atoms with Gasteiger partial charge in [-0.1, -0.05) is 6.92 Å². The maximum Gasteiger partial charge on any atom is 0.132 e. The molecule has 1 unspecified atom stereocenters. The summed E-state index contributed by atoms with van der Waals surface area (Å²) in [4.78, 5) is 9.01. The molecule has 0 amide bonds. The van der Waals surface area contributed by atoms with Gasteiger partial charge in [-0.25, -0.2) is 9.97 Å². The highest BCUT2D eigenvalue weighted by molar-refractivity contribution is 5.45. The number of rotatable bonds is 4. The summed E-state index contributed by atoms with van der Waals surface area (Å²) in [7, 11) is 0. The van der Waals surface area contributed by atoms with Crippen LogP contribution in [-0.2, 0) is 6.42 Å². The predicted molar refractivity (Wildman–Crippen MR) is 75.0 cm³/mol. The quantitative estimate of drug-likeness (QED) is 0.856. The number of nitrogens with one attached hydrogen (secondary N) is 2. The Hall–Kier alpha value is -1.16. The average Bonchev–Trinajstić information content (AvgIpc) is 2.40. The van der Waals surface area contributed by atoms with Crippen molar-refractivity contribution in [3.05, 3.63) is 17.1 Å². The lowest BCUT2D eigenvalue weighted by molar-refractivity contribution is 0.392. The van der Waals surface area contributed by atoms with E-state index in [1.807, 2.05) is 6.92 Å². The topological polar surface area (TPSA) is 49.8 Å². The fourth-order valence-corrected chi connectivity index (χ4v) is 2.54. The minimum atomic E-state index is 0.721. The molecule has 0 aliphatic carbocycles. The Bertz CT molecular complexity index is 397. The van der Waals surface area contributed by atoms with Gasteiger partial charge in [-0.2, -0.15) is 0 Å². The predicted octanol–water partition coefficient (Wildman–Crippen LogP) is 2.07. The van der Waals surface area contributed by atoms with Crippen LogP contribution < -0.4 is 10.6 Å². The van der Waals surface area contributed by atoms with E-state index in [9.17, 15) is 0 Å². The molecule has 0 spiro atoms. The van der Waals surface area contributed by atoms with E-state index in [1.165, 1.54) is 24.9 Å². The molecule has 2 rings (SSSR count). The van der Waals surface area contributed by atoms with Crippen LogP contribution in [0.4, 0.5) is 5.82 Å². The molecule has 1 aliphatic heterocycles. The summed E-state index contributed by atoms with van der Waals surface area (Å²) in [6.07, 6.45) is 3.56. The molecule has 100 valence electrons. The third kappa shape index (κ3) is 3.19. The van der Waals surface area contributed by atoms with Gasteiger partial charge in [-0.3, -0.25) is 0 Å². The van der Waals surface area contributed by atoms with Gasteiger partial charge in [0.05, 0.1) is 0 Å². The van der Waals surface area contributed by atoms with Crippen molar-refractivity contribution >= 4 is 5.82 Å². The first-order chi connectivity index (χ1) is 8.70. The van der Waals surface area contributed by atoms with E-state index in [0.717, 1.165) is 42.8 Å². The van der Waals surface area contributed by atoms with E-state index in [-0.39, 0.29) is 0 Å². The number of hydrogen-bond acceptors (Lipinski definition) is 4. The fourth-order valence-electron chi connectivity index (χ4n) is 2.54. The average molecular weight is 248 g/mol. The Labute approximate surface area is 110 Å². The van der Waals surface area contributed by atoms with Gasteiger partial charge in [0.15, 0.2) is 0 Å². The first-order valence-electron chi connectivity index (χ1n) is 6.99. The van der Waals surface area contributed by atoms with Gasteiger partial charge in [-0.15, -0.1) is 0 Å². The highest BCUT2D eigenvalue weighted by Crippen LogP contribution is 2.17. The van der Waals surface area contributed by atoms with Gasteiger partial charge in [0.1, 0.15) is 11.6 Å². The Balaban J connectivity index is 2.01. The van der Waals surface area contributed by atoms with Crippen LogP contribution in [0.25, 0.3) is 0 Å². The van der Waals surface area contributed by atoms with E-state index in [1.54, 1.807) is 0 Å². The largest absolute Gasteiger partial charge is 0.369 e. The summed E-state index contributed by atoms with van der Waals surface area (Å²) in [6, 6.07) is 0. The molecule has 4 heteroatoms. The zero-order chi connectivity index (χ0) is 13.0. The monoisotopic (exact) mass is 248 g/mol. The normalized spacial score (nSPS) is 19.8. The Kier molecular flexibility index (Phi) is 4.53. The summed E-state index contributed by atoms with van der Waals surface area (Å²) >= 11 is 0. The summed E-state index contributed by atoms with van der Waals surface area (Å²) in [6.45, 7) is 9.52. The molecule has 4 nitrogen and oxygen atoms in total. The summed E-state index contributed by atoms with van der Waals surface area (Å²) in [5.41, 5.74) is 2.36.